The van der Waals surface area contributed by atoms with Crippen LogP contribution in [0.15, 0.2) is 4.99 Å². The molecule has 0 spiro atoms. The maximum Gasteiger partial charge on any atom is 0.399 e. The number of hydrogen-bond acceptors (Lipinski definition) is 10. The topological polar surface area (TPSA) is 147 Å². The first-order chi connectivity index (χ1) is 12.6. The molecule has 2 aliphatic rings. The van der Waals surface area contributed by atoms with Crippen molar-refractivity contribution in [3.63, 3.8) is 0 Å². The van der Waals surface area contributed by atoms with Gasteiger partial charge in [-0.25, -0.2) is 9.59 Å². The summed E-state index contributed by atoms with van der Waals surface area (Å²) in [6, 6.07) is -0.623. The number of nitrogens with one attached hydrogen (secondary N) is 1. The molecular formula is C15H26N2O9S. The molecular weight excluding hydrogens is 384 g/mol. The molecule has 12 heteroatoms. The fourth-order valence-electron chi connectivity index (χ4n) is 2.05. The van der Waals surface area contributed by atoms with E-state index in [0.717, 1.165) is 32.8 Å². The van der Waals surface area contributed by atoms with Gasteiger partial charge in [0.1, 0.15) is 12.1 Å². The molecule has 1 saturated heterocycles. The van der Waals surface area contributed by atoms with Gasteiger partial charge in [-0.1, -0.05) is 0 Å². The second-order valence-corrected chi connectivity index (χ2v) is 6.85. The summed E-state index contributed by atoms with van der Waals surface area (Å²) in [7, 11) is 1.10. The van der Waals surface area contributed by atoms with E-state index in [2.05, 4.69) is 28.1 Å². The predicted octanol–water partition coefficient (Wildman–Crippen LogP) is -0.255. The number of aliphatic imine (C=N–C) groups is 1. The third-order valence-electron chi connectivity index (χ3n) is 3.52. The van der Waals surface area contributed by atoms with Crippen molar-refractivity contribution in [2.24, 2.45) is 4.99 Å². The summed E-state index contributed by atoms with van der Waals surface area (Å²) >= 11 is 0. The molecule has 1 amide bonds. The Hall–Kier alpha value is -2.05. The van der Waals surface area contributed by atoms with E-state index < -0.39 is 16.4 Å². The number of nitrogens with zero attached hydrogens (tertiary/aromatic N) is 1. The van der Waals surface area contributed by atoms with Crippen molar-refractivity contribution in [1.82, 2.24) is 5.32 Å². The largest absolute Gasteiger partial charge is 0.467 e. The van der Waals surface area contributed by atoms with E-state index in [1.165, 1.54) is 14.2 Å². The van der Waals surface area contributed by atoms with Gasteiger partial charge in [-0.2, -0.15) is 8.42 Å². The van der Waals surface area contributed by atoms with Gasteiger partial charge in [0.15, 0.2) is 0 Å². The first-order valence-electron chi connectivity index (χ1n) is 7.94. The Bertz CT molecular complexity index is 636. The van der Waals surface area contributed by atoms with Gasteiger partial charge >= 0.3 is 22.3 Å². The number of methoxy groups -OCH3 is 2. The Labute approximate surface area is 158 Å². The fraction of sp³-hybridized carbons (Fsp3) is 0.733. The first kappa shape index (κ1) is 24.9. The zero-order valence-electron chi connectivity index (χ0n) is 16.0. The lowest BCUT2D eigenvalue weighted by molar-refractivity contribution is -0.143. The molecule has 2 heterocycles. The van der Waals surface area contributed by atoms with Crippen molar-refractivity contribution in [2.75, 3.05) is 28.4 Å². The van der Waals surface area contributed by atoms with Gasteiger partial charge < -0.3 is 14.8 Å². The summed E-state index contributed by atoms with van der Waals surface area (Å²) in [6.07, 6.45) is 2.74. The predicted molar refractivity (Wildman–Crippen MR) is 94.3 cm³/mol. The van der Waals surface area contributed by atoms with Crippen molar-refractivity contribution in [1.29, 1.82) is 0 Å². The molecule has 27 heavy (non-hydrogen) atoms. The molecule has 2 rings (SSSR count). The van der Waals surface area contributed by atoms with Crippen LogP contribution in [0.3, 0.4) is 0 Å². The van der Waals surface area contributed by atoms with E-state index in [0.29, 0.717) is 12.8 Å². The lowest BCUT2D eigenvalue weighted by Crippen LogP contribution is -2.33. The summed E-state index contributed by atoms with van der Waals surface area (Å²) in [5.74, 6) is -0.641. The maximum atomic E-state index is 10.8. The molecule has 2 aliphatic heterocycles. The highest BCUT2D eigenvalue weighted by Gasteiger charge is 2.27. The van der Waals surface area contributed by atoms with Crippen LogP contribution in [0.25, 0.3) is 0 Å². The zero-order valence-corrected chi connectivity index (χ0v) is 16.8. The standard InChI is InChI=1S/C7H11NO2.C6H9NO3.C2H6O4S/c1-5-3-4-6(8-5)7(9)10-2;1-10-6(9)4-2-3-5(8)7-4;1-5-7(3,4)6-2/h6H,3-4H2,1-2H3;4H,2-3H2,1H3,(H,7,8);1-2H3/t6-;4-;/m00./s1. The summed E-state index contributed by atoms with van der Waals surface area (Å²) in [5, 5.41) is 2.49. The van der Waals surface area contributed by atoms with Crippen LogP contribution >= 0.6 is 0 Å². The van der Waals surface area contributed by atoms with Crippen LogP contribution in [-0.4, -0.2) is 72.5 Å². The molecule has 0 saturated carbocycles. The van der Waals surface area contributed by atoms with Gasteiger partial charge in [0.25, 0.3) is 0 Å². The van der Waals surface area contributed by atoms with E-state index in [-0.39, 0.29) is 23.9 Å². The fourth-order valence-corrected chi connectivity index (χ4v) is 2.18. The molecule has 1 fully saturated rings. The van der Waals surface area contributed by atoms with Crippen molar-refractivity contribution in [3.05, 3.63) is 0 Å². The van der Waals surface area contributed by atoms with Gasteiger partial charge in [-0.3, -0.25) is 18.2 Å². The molecule has 1 N–H and O–H groups in total. The molecule has 0 unspecified atom stereocenters. The van der Waals surface area contributed by atoms with Crippen LogP contribution in [0.5, 0.6) is 0 Å². The second kappa shape index (κ2) is 12.4. The molecule has 0 radical (unpaired) electrons. The van der Waals surface area contributed by atoms with Gasteiger partial charge in [0.2, 0.25) is 5.91 Å². The van der Waals surface area contributed by atoms with Crippen molar-refractivity contribution in [3.8, 4) is 0 Å². The van der Waals surface area contributed by atoms with E-state index in [4.69, 9.17) is 0 Å². The average molecular weight is 410 g/mol. The molecule has 0 aliphatic carbocycles. The Morgan fingerprint density at radius 3 is 1.85 bits per heavy atom. The highest BCUT2D eigenvalue weighted by molar-refractivity contribution is 7.81. The van der Waals surface area contributed by atoms with Gasteiger partial charge in [0, 0.05) is 12.1 Å². The number of amides is 1. The minimum atomic E-state index is -3.66. The zero-order chi connectivity index (χ0) is 21.0. The van der Waals surface area contributed by atoms with Crippen molar-refractivity contribution >= 4 is 34.0 Å². The van der Waals surface area contributed by atoms with Crippen LogP contribution in [-0.2, 0) is 42.6 Å². The van der Waals surface area contributed by atoms with E-state index in [9.17, 15) is 22.8 Å². The Kier molecular flexibility index (Phi) is 11.4. The number of carbonyl (C=O) groups excluding carboxylic acids is 3. The monoisotopic (exact) mass is 410 g/mol. The van der Waals surface area contributed by atoms with Crippen molar-refractivity contribution < 1.29 is 40.6 Å². The summed E-state index contributed by atoms with van der Waals surface area (Å²) < 4.78 is 36.5. The van der Waals surface area contributed by atoms with Crippen LogP contribution < -0.4 is 5.32 Å². The first-order valence-corrected chi connectivity index (χ1v) is 9.28. The Balaban J connectivity index is 0.000000384. The van der Waals surface area contributed by atoms with Crippen LogP contribution in [0.4, 0.5) is 0 Å². The van der Waals surface area contributed by atoms with Crippen LogP contribution in [0.1, 0.15) is 32.6 Å². The number of rotatable bonds is 4. The van der Waals surface area contributed by atoms with Crippen molar-refractivity contribution in [2.45, 2.75) is 44.7 Å². The van der Waals surface area contributed by atoms with Crippen LogP contribution in [0, 0.1) is 0 Å². The van der Waals surface area contributed by atoms with E-state index in [1.807, 2.05) is 6.92 Å². The Morgan fingerprint density at radius 2 is 1.56 bits per heavy atom. The number of ether oxygens (including phenoxy) is 2. The van der Waals surface area contributed by atoms with Gasteiger partial charge in [0.05, 0.1) is 28.4 Å². The third kappa shape index (κ3) is 10.0. The second-order valence-electron chi connectivity index (χ2n) is 5.37. The molecule has 0 aromatic heterocycles. The maximum absolute atomic E-state index is 10.8. The average Bonchev–Trinajstić information content (AvgIpc) is 3.30. The lowest BCUT2D eigenvalue weighted by Gasteiger charge is -2.04. The molecule has 0 bridgehead atoms. The molecule has 0 aromatic rings. The highest BCUT2D eigenvalue weighted by atomic mass is 32.3. The minimum absolute atomic E-state index is 0.0737. The normalized spacial score (nSPS) is 20.9. The molecule has 0 aromatic carbocycles. The van der Waals surface area contributed by atoms with Crippen LogP contribution in [0.2, 0.25) is 0 Å². The molecule has 2 atom stereocenters. The quantitative estimate of drug-likeness (QED) is 0.619. The lowest BCUT2D eigenvalue weighted by atomic mass is 10.2. The minimum Gasteiger partial charge on any atom is -0.467 e. The highest BCUT2D eigenvalue weighted by Crippen LogP contribution is 2.13. The van der Waals surface area contributed by atoms with E-state index in [1.54, 1.807) is 0 Å². The number of carbonyl (C=O) groups is 3. The number of hydrogen-bond donors (Lipinski definition) is 1. The molecule has 156 valence electrons. The van der Waals surface area contributed by atoms with Gasteiger partial charge in [-0.05, 0) is 26.2 Å². The summed E-state index contributed by atoms with van der Waals surface area (Å²) in [4.78, 5) is 36.2. The smallest absolute Gasteiger partial charge is 0.399 e. The number of esters is 2. The van der Waals surface area contributed by atoms with Gasteiger partial charge in [-0.15, -0.1) is 0 Å². The Morgan fingerprint density at radius 1 is 1.00 bits per heavy atom. The summed E-state index contributed by atoms with van der Waals surface area (Å²) in [5.41, 5.74) is 1.05. The third-order valence-corrected chi connectivity index (χ3v) is 4.33. The summed E-state index contributed by atoms with van der Waals surface area (Å²) in [6.45, 7) is 1.93. The SMILES string of the molecule is COC(=O)[C@@H]1CCC(=O)N1.COC(=O)[C@@H]1CCC(C)=N1.COS(=O)(=O)OC. The van der Waals surface area contributed by atoms with E-state index >= 15 is 0 Å². The molecule has 11 nitrogen and oxygen atoms in total.